The highest BCUT2D eigenvalue weighted by Gasteiger charge is 2.27. The molecule has 0 unspecified atom stereocenters. The Morgan fingerprint density at radius 3 is 2.50 bits per heavy atom. The summed E-state index contributed by atoms with van der Waals surface area (Å²) >= 11 is 0. The van der Waals surface area contributed by atoms with Crippen molar-refractivity contribution in [1.82, 2.24) is 5.32 Å². The minimum absolute atomic E-state index is 0.0260. The van der Waals surface area contributed by atoms with E-state index in [1.165, 1.54) is 0 Å². The van der Waals surface area contributed by atoms with Crippen molar-refractivity contribution in [2.24, 2.45) is 4.99 Å². The molecule has 1 aliphatic heterocycles. The minimum atomic E-state index is -0.343. The van der Waals surface area contributed by atoms with E-state index in [1.54, 1.807) is 24.3 Å². The first-order valence-corrected chi connectivity index (χ1v) is 5.13. The van der Waals surface area contributed by atoms with E-state index in [0.717, 1.165) is 0 Å². The summed E-state index contributed by atoms with van der Waals surface area (Å²) in [6.45, 7) is 3.72. The number of fused-ring (bicyclic) bond motifs is 1. The summed E-state index contributed by atoms with van der Waals surface area (Å²) in [4.78, 5) is 27.0. The van der Waals surface area contributed by atoms with Crippen molar-refractivity contribution >= 4 is 17.5 Å². The fraction of sp³-hybridized carbons (Fsp3) is 0.250. The number of carbonyl (C=O) groups is 2. The van der Waals surface area contributed by atoms with Gasteiger partial charge in [-0.1, -0.05) is 18.2 Å². The Morgan fingerprint density at radius 2 is 1.88 bits per heavy atom. The molecule has 1 aromatic carbocycles. The van der Waals surface area contributed by atoms with Crippen LogP contribution >= 0.6 is 0 Å². The molecule has 4 nitrogen and oxygen atoms in total. The first-order chi connectivity index (χ1) is 7.59. The molecule has 4 heteroatoms. The molecule has 2 amide bonds. The number of carbonyl (C=O) groups excluding carboxylic acids is 2. The average Bonchev–Trinajstić information content (AvgIpc) is 2.56. The van der Waals surface area contributed by atoms with Crippen LogP contribution in [0.4, 0.5) is 0 Å². The molecule has 1 heterocycles. The maximum absolute atomic E-state index is 11.8. The van der Waals surface area contributed by atoms with Gasteiger partial charge < -0.3 is 5.32 Å². The number of aliphatic imine (C=N–C) groups is 1. The molecular formula is C12H12N2O2. The molecule has 0 aliphatic carbocycles. The molecule has 16 heavy (non-hydrogen) atoms. The quantitative estimate of drug-likeness (QED) is 0.806. The third kappa shape index (κ3) is 1.74. The van der Waals surface area contributed by atoms with Gasteiger partial charge in [0.15, 0.2) is 0 Å². The monoisotopic (exact) mass is 216 g/mol. The van der Waals surface area contributed by atoms with E-state index >= 15 is 0 Å². The Kier molecular flexibility index (Phi) is 2.56. The van der Waals surface area contributed by atoms with Gasteiger partial charge in [0.1, 0.15) is 5.71 Å². The number of nitrogens with zero attached hydrogens (tertiary/aromatic N) is 1. The van der Waals surface area contributed by atoms with Crippen molar-refractivity contribution < 1.29 is 9.59 Å². The lowest BCUT2D eigenvalue weighted by atomic mass is 10.1. The summed E-state index contributed by atoms with van der Waals surface area (Å²) in [6.07, 6.45) is 0. The molecule has 0 spiro atoms. The Morgan fingerprint density at radius 1 is 1.25 bits per heavy atom. The first kappa shape index (κ1) is 10.5. The number of amides is 2. The SMILES string of the molecule is CC(C)NC(=O)C1=NC(=O)c2ccccc21. The van der Waals surface area contributed by atoms with E-state index in [9.17, 15) is 9.59 Å². The number of hydrogen-bond donors (Lipinski definition) is 1. The van der Waals surface area contributed by atoms with Crippen LogP contribution in [0.2, 0.25) is 0 Å². The second kappa shape index (κ2) is 3.89. The molecule has 0 aromatic heterocycles. The van der Waals surface area contributed by atoms with Gasteiger partial charge in [0, 0.05) is 11.6 Å². The largest absolute Gasteiger partial charge is 0.349 e. The molecule has 82 valence electrons. The zero-order chi connectivity index (χ0) is 11.7. The summed E-state index contributed by atoms with van der Waals surface area (Å²) in [6, 6.07) is 6.99. The summed E-state index contributed by atoms with van der Waals surface area (Å²) in [5, 5.41) is 2.72. The van der Waals surface area contributed by atoms with Crippen molar-refractivity contribution in [1.29, 1.82) is 0 Å². The predicted molar refractivity (Wildman–Crippen MR) is 60.6 cm³/mol. The second-order valence-electron chi connectivity index (χ2n) is 3.94. The van der Waals surface area contributed by atoms with E-state index in [2.05, 4.69) is 10.3 Å². The van der Waals surface area contributed by atoms with Gasteiger partial charge in [-0.15, -0.1) is 0 Å². The lowest BCUT2D eigenvalue weighted by Crippen LogP contribution is -2.35. The highest BCUT2D eigenvalue weighted by Crippen LogP contribution is 2.18. The smallest absolute Gasteiger partial charge is 0.278 e. The maximum Gasteiger partial charge on any atom is 0.278 e. The molecule has 0 atom stereocenters. The molecule has 0 saturated heterocycles. The van der Waals surface area contributed by atoms with Crippen LogP contribution < -0.4 is 5.32 Å². The molecule has 0 bridgehead atoms. The van der Waals surface area contributed by atoms with Crippen LogP contribution in [0.25, 0.3) is 0 Å². The lowest BCUT2D eigenvalue weighted by molar-refractivity contribution is -0.115. The van der Waals surface area contributed by atoms with Crippen LogP contribution in [0, 0.1) is 0 Å². The van der Waals surface area contributed by atoms with Crippen molar-refractivity contribution in [2.45, 2.75) is 19.9 Å². The van der Waals surface area contributed by atoms with Gasteiger partial charge in [-0.25, -0.2) is 4.99 Å². The predicted octanol–water partition coefficient (Wildman–Crippen LogP) is 1.15. The Hall–Kier alpha value is -1.97. The summed E-state index contributed by atoms with van der Waals surface area (Å²) < 4.78 is 0. The molecule has 2 rings (SSSR count). The second-order valence-corrected chi connectivity index (χ2v) is 3.94. The van der Waals surface area contributed by atoms with Crippen molar-refractivity contribution in [3.8, 4) is 0 Å². The molecule has 1 aliphatic rings. The van der Waals surface area contributed by atoms with Gasteiger partial charge in [-0.3, -0.25) is 9.59 Å². The van der Waals surface area contributed by atoms with E-state index < -0.39 is 0 Å². The Bertz CT molecular complexity index is 490. The zero-order valence-electron chi connectivity index (χ0n) is 9.15. The molecule has 0 fully saturated rings. The molecule has 1 N–H and O–H groups in total. The van der Waals surface area contributed by atoms with Gasteiger partial charge in [-0.05, 0) is 19.9 Å². The minimum Gasteiger partial charge on any atom is -0.349 e. The van der Waals surface area contributed by atoms with Gasteiger partial charge in [0.25, 0.3) is 11.8 Å². The van der Waals surface area contributed by atoms with E-state index in [0.29, 0.717) is 11.1 Å². The van der Waals surface area contributed by atoms with Crippen LogP contribution in [0.15, 0.2) is 29.3 Å². The van der Waals surface area contributed by atoms with Crippen LogP contribution in [0.3, 0.4) is 0 Å². The van der Waals surface area contributed by atoms with Gasteiger partial charge in [0.05, 0.1) is 5.56 Å². The maximum atomic E-state index is 11.8. The summed E-state index contributed by atoms with van der Waals surface area (Å²) in [7, 11) is 0. The average molecular weight is 216 g/mol. The van der Waals surface area contributed by atoms with Gasteiger partial charge in [-0.2, -0.15) is 0 Å². The highest BCUT2D eigenvalue weighted by atomic mass is 16.2. The van der Waals surface area contributed by atoms with Crippen molar-refractivity contribution in [2.75, 3.05) is 0 Å². The van der Waals surface area contributed by atoms with E-state index in [-0.39, 0.29) is 23.6 Å². The highest BCUT2D eigenvalue weighted by molar-refractivity contribution is 6.50. The number of rotatable bonds is 2. The Labute approximate surface area is 93.4 Å². The third-order valence-corrected chi connectivity index (χ3v) is 2.26. The topological polar surface area (TPSA) is 58.5 Å². The van der Waals surface area contributed by atoms with E-state index in [1.807, 2.05) is 13.8 Å². The standard InChI is InChI=1S/C12H12N2O2/c1-7(2)13-12(16)10-8-5-3-4-6-9(8)11(15)14-10/h3-7H,1-2H3,(H,13,16). The van der Waals surface area contributed by atoms with E-state index in [4.69, 9.17) is 0 Å². The first-order valence-electron chi connectivity index (χ1n) is 5.13. The van der Waals surface area contributed by atoms with Crippen molar-refractivity contribution in [3.05, 3.63) is 35.4 Å². The third-order valence-electron chi connectivity index (χ3n) is 2.26. The number of nitrogens with one attached hydrogen (secondary N) is 1. The van der Waals surface area contributed by atoms with Gasteiger partial charge in [0.2, 0.25) is 0 Å². The molecule has 1 aromatic rings. The zero-order valence-corrected chi connectivity index (χ0v) is 9.15. The van der Waals surface area contributed by atoms with Crippen molar-refractivity contribution in [3.63, 3.8) is 0 Å². The Balaban J connectivity index is 2.35. The lowest BCUT2D eigenvalue weighted by Gasteiger charge is -2.08. The van der Waals surface area contributed by atoms with Gasteiger partial charge >= 0.3 is 0 Å². The number of hydrogen-bond acceptors (Lipinski definition) is 2. The van der Waals surface area contributed by atoms with Crippen LogP contribution in [-0.4, -0.2) is 23.6 Å². The molecular weight excluding hydrogens is 204 g/mol. The summed E-state index contributed by atoms with van der Waals surface area (Å²) in [5.74, 6) is -0.641. The molecule has 0 radical (unpaired) electrons. The normalized spacial score (nSPS) is 13.7. The fourth-order valence-electron chi connectivity index (χ4n) is 1.60. The van der Waals surface area contributed by atoms with Crippen LogP contribution in [-0.2, 0) is 4.79 Å². The molecule has 0 saturated carbocycles. The fourth-order valence-corrected chi connectivity index (χ4v) is 1.60. The number of benzene rings is 1. The van der Waals surface area contributed by atoms with Crippen LogP contribution in [0.1, 0.15) is 29.8 Å². The van der Waals surface area contributed by atoms with Crippen LogP contribution in [0.5, 0.6) is 0 Å². The summed E-state index contributed by atoms with van der Waals surface area (Å²) in [5.41, 5.74) is 1.33.